The first-order valence-corrected chi connectivity index (χ1v) is 7.01. The van der Waals surface area contributed by atoms with Crippen LogP contribution in [0.1, 0.15) is 52.2 Å². The zero-order chi connectivity index (χ0) is 15.2. The van der Waals surface area contributed by atoms with Gasteiger partial charge in [-0.3, -0.25) is 0 Å². The van der Waals surface area contributed by atoms with Crippen LogP contribution in [0.25, 0.3) is 0 Å². The van der Waals surface area contributed by atoms with Gasteiger partial charge in [-0.15, -0.1) is 0 Å². The van der Waals surface area contributed by atoms with Crippen LogP contribution >= 0.6 is 0 Å². The van der Waals surface area contributed by atoms with Gasteiger partial charge < -0.3 is 9.84 Å². The van der Waals surface area contributed by atoms with Gasteiger partial charge in [0.25, 0.3) is 0 Å². The summed E-state index contributed by atoms with van der Waals surface area (Å²) in [5.74, 6) is -0.456. The summed E-state index contributed by atoms with van der Waals surface area (Å²) < 4.78 is 5.37. The Morgan fingerprint density at radius 1 is 1.30 bits per heavy atom. The molecule has 1 unspecified atom stereocenters. The highest BCUT2D eigenvalue weighted by molar-refractivity contribution is 5.90. The maximum absolute atomic E-state index is 12.2. The number of benzene rings is 1. The maximum Gasteiger partial charge on any atom is 0.337 e. The lowest BCUT2D eigenvalue weighted by molar-refractivity contribution is -0.151. The Kier molecular flexibility index (Phi) is 5.96. The molecular weight excluding hydrogens is 252 g/mol. The van der Waals surface area contributed by atoms with Gasteiger partial charge in [0, 0.05) is 0 Å². The van der Waals surface area contributed by atoms with Crippen molar-refractivity contribution in [2.24, 2.45) is 0 Å². The van der Waals surface area contributed by atoms with E-state index in [0.29, 0.717) is 11.1 Å². The second-order valence-electron chi connectivity index (χ2n) is 5.76. The van der Waals surface area contributed by atoms with Crippen molar-refractivity contribution in [2.75, 3.05) is 0 Å². The van der Waals surface area contributed by atoms with Gasteiger partial charge in [-0.05, 0) is 32.8 Å². The summed E-state index contributed by atoms with van der Waals surface area (Å²) in [6, 6.07) is 9.15. The number of aliphatic hydroxyl groups is 1. The van der Waals surface area contributed by atoms with Crippen LogP contribution in [0.15, 0.2) is 42.0 Å². The minimum absolute atomic E-state index is 0.313. The van der Waals surface area contributed by atoms with E-state index in [1.807, 2.05) is 45.9 Å². The predicted molar refractivity (Wildman–Crippen MR) is 80.2 cm³/mol. The van der Waals surface area contributed by atoms with Gasteiger partial charge in [0.2, 0.25) is 0 Å². The van der Waals surface area contributed by atoms with E-state index in [1.165, 1.54) is 0 Å². The van der Waals surface area contributed by atoms with E-state index < -0.39 is 17.7 Å². The lowest BCUT2D eigenvalue weighted by Crippen LogP contribution is -2.26. The predicted octanol–water partition coefficient (Wildman–Crippen LogP) is 3.79. The van der Waals surface area contributed by atoms with Crippen LogP contribution in [0.4, 0.5) is 0 Å². The zero-order valence-corrected chi connectivity index (χ0v) is 12.7. The fraction of sp³-hybridized carbons (Fsp3) is 0.471. The molecule has 0 bridgehead atoms. The van der Waals surface area contributed by atoms with E-state index in [-0.39, 0.29) is 0 Å². The van der Waals surface area contributed by atoms with Gasteiger partial charge in [0.1, 0.15) is 11.7 Å². The minimum Gasteiger partial charge on any atom is -0.457 e. The molecule has 0 spiro atoms. The average molecular weight is 276 g/mol. The summed E-state index contributed by atoms with van der Waals surface area (Å²) in [4.78, 5) is 12.2. The standard InChI is InChI=1S/C17H24O3/c1-5-6-12-14(16(19)20-17(2,3)4)15(18)13-10-8-7-9-11-13/h7-12,15,18H,5-6H2,1-4H3/b14-12-. The Labute approximate surface area is 121 Å². The summed E-state index contributed by atoms with van der Waals surface area (Å²) in [5.41, 5.74) is 0.437. The Morgan fingerprint density at radius 3 is 2.40 bits per heavy atom. The van der Waals surface area contributed by atoms with Gasteiger partial charge in [0.05, 0.1) is 5.57 Å². The van der Waals surface area contributed by atoms with E-state index in [1.54, 1.807) is 18.2 Å². The molecule has 1 aromatic carbocycles. The SMILES string of the molecule is CCC/C=C(\C(=O)OC(C)(C)C)C(O)c1ccccc1. The van der Waals surface area contributed by atoms with Gasteiger partial charge in [-0.2, -0.15) is 0 Å². The largest absolute Gasteiger partial charge is 0.457 e. The molecule has 20 heavy (non-hydrogen) atoms. The van der Waals surface area contributed by atoms with Crippen molar-refractivity contribution in [1.29, 1.82) is 0 Å². The maximum atomic E-state index is 12.2. The molecule has 0 amide bonds. The number of esters is 1. The summed E-state index contributed by atoms with van der Waals surface area (Å²) in [6.45, 7) is 7.48. The first-order chi connectivity index (χ1) is 9.35. The molecule has 0 saturated heterocycles. The number of unbranched alkanes of at least 4 members (excludes halogenated alkanes) is 1. The lowest BCUT2D eigenvalue weighted by Gasteiger charge is -2.22. The number of carbonyl (C=O) groups excluding carboxylic acids is 1. The highest BCUT2D eigenvalue weighted by atomic mass is 16.6. The second-order valence-corrected chi connectivity index (χ2v) is 5.76. The van der Waals surface area contributed by atoms with Crippen molar-refractivity contribution in [2.45, 2.75) is 52.2 Å². The zero-order valence-electron chi connectivity index (χ0n) is 12.7. The number of hydrogen-bond acceptors (Lipinski definition) is 3. The lowest BCUT2D eigenvalue weighted by atomic mass is 10.00. The molecule has 1 aromatic rings. The van der Waals surface area contributed by atoms with E-state index in [0.717, 1.165) is 12.8 Å². The van der Waals surface area contributed by atoms with Gasteiger partial charge in [-0.1, -0.05) is 49.8 Å². The van der Waals surface area contributed by atoms with Crippen molar-refractivity contribution in [3.63, 3.8) is 0 Å². The minimum atomic E-state index is -0.947. The summed E-state index contributed by atoms with van der Waals surface area (Å²) in [7, 11) is 0. The van der Waals surface area contributed by atoms with Crippen LogP contribution in [0.2, 0.25) is 0 Å². The molecule has 0 aliphatic rings. The number of allylic oxidation sites excluding steroid dienone is 1. The molecule has 3 nitrogen and oxygen atoms in total. The molecule has 3 heteroatoms. The van der Waals surface area contributed by atoms with Crippen molar-refractivity contribution in [1.82, 2.24) is 0 Å². The van der Waals surface area contributed by atoms with Crippen molar-refractivity contribution in [3.05, 3.63) is 47.5 Å². The van der Waals surface area contributed by atoms with Crippen LogP contribution < -0.4 is 0 Å². The number of carbonyl (C=O) groups is 1. The molecule has 0 saturated carbocycles. The van der Waals surface area contributed by atoms with E-state index in [2.05, 4.69) is 0 Å². The molecule has 0 radical (unpaired) electrons. The number of ether oxygens (including phenoxy) is 1. The van der Waals surface area contributed by atoms with Gasteiger partial charge >= 0.3 is 5.97 Å². The van der Waals surface area contributed by atoms with E-state index in [9.17, 15) is 9.90 Å². The fourth-order valence-electron chi connectivity index (χ4n) is 1.76. The first kappa shape index (κ1) is 16.4. The van der Waals surface area contributed by atoms with Crippen molar-refractivity contribution < 1.29 is 14.6 Å². The quantitative estimate of drug-likeness (QED) is 0.657. The topological polar surface area (TPSA) is 46.5 Å². The molecule has 1 atom stereocenters. The molecule has 110 valence electrons. The third kappa shape index (κ3) is 5.17. The molecular formula is C17H24O3. The average Bonchev–Trinajstić information content (AvgIpc) is 2.38. The number of rotatable bonds is 5. The second kappa shape index (κ2) is 7.25. The summed E-state index contributed by atoms with van der Waals surface area (Å²) in [5, 5.41) is 10.4. The fourth-order valence-corrected chi connectivity index (χ4v) is 1.76. The van der Waals surface area contributed by atoms with Crippen molar-refractivity contribution >= 4 is 5.97 Å². The molecule has 0 aromatic heterocycles. The normalized spacial score (nSPS) is 13.9. The monoisotopic (exact) mass is 276 g/mol. The van der Waals surface area contributed by atoms with Crippen LogP contribution in [0.5, 0.6) is 0 Å². The molecule has 1 N–H and O–H groups in total. The van der Waals surface area contributed by atoms with Gasteiger partial charge in [0.15, 0.2) is 0 Å². The highest BCUT2D eigenvalue weighted by Gasteiger charge is 2.25. The van der Waals surface area contributed by atoms with Crippen LogP contribution in [0.3, 0.4) is 0 Å². The smallest absolute Gasteiger partial charge is 0.337 e. The Bertz CT molecular complexity index is 455. The Hall–Kier alpha value is -1.61. The molecule has 0 aliphatic carbocycles. The highest BCUT2D eigenvalue weighted by Crippen LogP contribution is 2.25. The molecule has 1 rings (SSSR count). The van der Waals surface area contributed by atoms with E-state index in [4.69, 9.17) is 4.74 Å². The van der Waals surface area contributed by atoms with Crippen molar-refractivity contribution in [3.8, 4) is 0 Å². The number of hydrogen-bond donors (Lipinski definition) is 1. The third-order valence-electron chi connectivity index (χ3n) is 2.70. The molecule has 0 fully saturated rings. The third-order valence-corrected chi connectivity index (χ3v) is 2.70. The molecule has 0 aliphatic heterocycles. The van der Waals surface area contributed by atoms with Crippen LogP contribution in [-0.2, 0) is 9.53 Å². The van der Waals surface area contributed by atoms with Gasteiger partial charge in [-0.25, -0.2) is 4.79 Å². The van der Waals surface area contributed by atoms with E-state index >= 15 is 0 Å². The molecule has 0 heterocycles. The first-order valence-electron chi connectivity index (χ1n) is 7.01. The van der Waals surface area contributed by atoms with Crippen LogP contribution in [-0.4, -0.2) is 16.7 Å². The Morgan fingerprint density at radius 2 is 1.90 bits per heavy atom. The van der Waals surface area contributed by atoms with Crippen LogP contribution in [0, 0.1) is 0 Å². The summed E-state index contributed by atoms with van der Waals surface area (Å²) >= 11 is 0. The number of aliphatic hydroxyl groups excluding tert-OH is 1. The summed E-state index contributed by atoms with van der Waals surface area (Å²) in [6.07, 6.45) is 2.47. The Balaban J connectivity index is 2.98.